The van der Waals surface area contributed by atoms with Gasteiger partial charge in [0.1, 0.15) is 6.54 Å². The number of nitrogens with zero attached hydrogens (tertiary/aromatic N) is 4. The molecule has 0 unspecified atom stereocenters. The van der Waals surface area contributed by atoms with Crippen molar-refractivity contribution in [3.05, 3.63) is 17.5 Å². The van der Waals surface area contributed by atoms with Gasteiger partial charge in [-0.05, 0) is 19.4 Å². The molecule has 6 heteroatoms. The summed E-state index contributed by atoms with van der Waals surface area (Å²) >= 11 is 0. The molecule has 1 aliphatic rings. The highest BCUT2D eigenvalue weighted by molar-refractivity contribution is 6.01. The molecule has 6 nitrogen and oxygen atoms in total. The molecule has 1 aromatic rings. The van der Waals surface area contributed by atoms with Gasteiger partial charge < -0.3 is 4.90 Å². The van der Waals surface area contributed by atoms with E-state index in [2.05, 4.69) is 5.10 Å². The zero-order valence-electron chi connectivity index (χ0n) is 11.0. The van der Waals surface area contributed by atoms with Crippen LogP contribution >= 0.6 is 0 Å². The summed E-state index contributed by atoms with van der Waals surface area (Å²) in [7, 11) is 1.84. The van der Waals surface area contributed by atoms with Gasteiger partial charge in [0.2, 0.25) is 0 Å². The zero-order valence-corrected chi connectivity index (χ0v) is 11.0. The Bertz CT molecular complexity index is 461. The number of urea groups is 1. The summed E-state index contributed by atoms with van der Waals surface area (Å²) in [4.78, 5) is 26.6. The van der Waals surface area contributed by atoms with Crippen LogP contribution in [0.5, 0.6) is 0 Å². The van der Waals surface area contributed by atoms with Crippen molar-refractivity contribution in [2.45, 2.75) is 26.8 Å². The van der Waals surface area contributed by atoms with Crippen molar-refractivity contribution in [3.8, 4) is 0 Å². The lowest BCUT2D eigenvalue weighted by Gasteiger charge is -2.15. The van der Waals surface area contributed by atoms with Crippen molar-refractivity contribution in [2.24, 2.45) is 7.05 Å². The first kappa shape index (κ1) is 12.6. The van der Waals surface area contributed by atoms with E-state index >= 15 is 0 Å². The van der Waals surface area contributed by atoms with Crippen LogP contribution in [0.25, 0.3) is 0 Å². The second-order valence-corrected chi connectivity index (χ2v) is 4.58. The van der Waals surface area contributed by atoms with Gasteiger partial charge in [-0.1, -0.05) is 6.92 Å². The molecule has 0 aliphatic carbocycles. The topological polar surface area (TPSA) is 58.4 Å². The molecule has 3 amide bonds. The van der Waals surface area contributed by atoms with Gasteiger partial charge in [0.25, 0.3) is 5.91 Å². The maximum absolute atomic E-state index is 12.0. The fourth-order valence-corrected chi connectivity index (χ4v) is 2.07. The van der Waals surface area contributed by atoms with Crippen molar-refractivity contribution in [1.82, 2.24) is 19.6 Å². The number of hydrogen-bond acceptors (Lipinski definition) is 3. The van der Waals surface area contributed by atoms with Gasteiger partial charge in [0.05, 0.1) is 12.2 Å². The number of carbonyl (C=O) groups excluding carboxylic acids is 2. The Morgan fingerprint density at radius 1 is 1.39 bits per heavy atom. The number of carbonyl (C=O) groups is 2. The summed E-state index contributed by atoms with van der Waals surface area (Å²) in [5, 5.41) is 4.27. The SMILES string of the molecule is CCCN1CC(=O)N(Cc2cc(C)n(C)n2)C1=O. The van der Waals surface area contributed by atoms with E-state index in [1.165, 1.54) is 4.90 Å². The Balaban J connectivity index is 2.09. The Labute approximate surface area is 106 Å². The van der Waals surface area contributed by atoms with Gasteiger partial charge >= 0.3 is 6.03 Å². The molecule has 1 aromatic heterocycles. The number of amides is 3. The lowest BCUT2D eigenvalue weighted by Crippen LogP contribution is -2.33. The summed E-state index contributed by atoms with van der Waals surface area (Å²) in [6.07, 6.45) is 0.857. The molecular weight excluding hydrogens is 232 g/mol. The van der Waals surface area contributed by atoms with Gasteiger partial charge in [-0.25, -0.2) is 4.79 Å². The van der Waals surface area contributed by atoms with Gasteiger partial charge in [0.15, 0.2) is 0 Å². The molecule has 0 atom stereocenters. The normalized spacial score (nSPS) is 15.9. The predicted octanol–water partition coefficient (Wildman–Crippen LogP) is 0.903. The van der Waals surface area contributed by atoms with Crippen LogP contribution in [0.2, 0.25) is 0 Å². The minimum absolute atomic E-state index is 0.142. The highest BCUT2D eigenvalue weighted by atomic mass is 16.2. The smallest absolute Gasteiger partial charge is 0.315 e. The van der Waals surface area contributed by atoms with Crippen LogP contribution in [0.15, 0.2) is 6.07 Å². The van der Waals surface area contributed by atoms with Gasteiger partial charge in [-0.15, -0.1) is 0 Å². The van der Waals surface area contributed by atoms with Crippen LogP contribution in [0.4, 0.5) is 4.79 Å². The summed E-state index contributed by atoms with van der Waals surface area (Å²) in [6.45, 7) is 5.01. The predicted molar refractivity (Wildman–Crippen MR) is 65.8 cm³/mol. The van der Waals surface area contributed by atoms with Crippen LogP contribution in [-0.4, -0.2) is 44.6 Å². The van der Waals surface area contributed by atoms with E-state index in [0.29, 0.717) is 6.54 Å². The zero-order chi connectivity index (χ0) is 13.3. The minimum atomic E-state index is -0.204. The van der Waals surface area contributed by atoms with E-state index in [1.54, 1.807) is 9.58 Å². The first-order valence-corrected chi connectivity index (χ1v) is 6.11. The Morgan fingerprint density at radius 3 is 2.67 bits per heavy atom. The van der Waals surface area contributed by atoms with E-state index in [9.17, 15) is 9.59 Å². The summed E-state index contributed by atoms with van der Waals surface area (Å²) in [5.74, 6) is -0.142. The van der Waals surface area contributed by atoms with Crippen molar-refractivity contribution in [1.29, 1.82) is 0 Å². The molecule has 98 valence electrons. The number of aryl methyl sites for hydroxylation is 2. The molecule has 18 heavy (non-hydrogen) atoms. The number of imide groups is 1. The van der Waals surface area contributed by atoms with Crippen molar-refractivity contribution >= 4 is 11.9 Å². The average Bonchev–Trinajstić information content (AvgIpc) is 2.75. The van der Waals surface area contributed by atoms with E-state index in [4.69, 9.17) is 0 Å². The lowest BCUT2D eigenvalue weighted by molar-refractivity contribution is -0.125. The molecule has 1 fully saturated rings. The molecular formula is C12H18N4O2. The fraction of sp³-hybridized carbons (Fsp3) is 0.583. The first-order chi connectivity index (χ1) is 8.52. The maximum atomic E-state index is 12.0. The molecule has 2 rings (SSSR count). The highest BCUT2D eigenvalue weighted by Gasteiger charge is 2.35. The van der Waals surface area contributed by atoms with Gasteiger partial charge in [0, 0.05) is 19.3 Å². The third kappa shape index (κ3) is 2.23. The fourth-order valence-electron chi connectivity index (χ4n) is 2.07. The van der Waals surface area contributed by atoms with Crippen LogP contribution in [0.1, 0.15) is 24.7 Å². The molecule has 0 radical (unpaired) electrons. The summed E-state index contributed by atoms with van der Waals surface area (Å²) in [5.41, 5.74) is 1.75. The van der Waals surface area contributed by atoms with E-state index in [-0.39, 0.29) is 25.0 Å². The third-order valence-corrected chi connectivity index (χ3v) is 3.11. The minimum Gasteiger partial charge on any atom is -0.315 e. The molecule has 0 bridgehead atoms. The van der Waals surface area contributed by atoms with Crippen molar-refractivity contribution in [2.75, 3.05) is 13.1 Å². The lowest BCUT2D eigenvalue weighted by atomic mass is 10.3. The average molecular weight is 250 g/mol. The van der Waals surface area contributed by atoms with Gasteiger partial charge in [-0.2, -0.15) is 5.10 Å². The second-order valence-electron chi connectivity index (χ2n) is 4.58. The third-order valence-electron chi connectivity index (χ3n) is 3.11. The molecule has 0 spiro atoms. The molecule has 0 N–H and O–H groups in total. The number of hydrogen-bond donors (Lipinski definition) is 0. The Kier molecular flexibility index (Phi) is 3.36. The highest BCUT2D eigenvalue weighted by Crippen LogP contribution is 2.14. The van der Waals surface area contributed by atoms with Crippen LogP contribution < -0.4 is 0 Å². The Hall–Kier alpha value is -1.85. The Morgan fingerprint density at radius 2 is 2.11 bits per heavy atom. The number of rotatable bonds is 4. The van der Waals surface area contributed by atoms with E-state index < -0.39 is 0 Å². The summed E-state index contributed by atoms with van der Waals surface area (Å²) < 4.78 is 1.74. The quantitative estimate of drug-likeness (QED) is 0.746. The molecule has 2 heterocycles. The monoisotopic (exact) mass is 250 g/mol. The van der Waals surface area contributed by atoms with Gasteiger partial charge in [-0.3, -0.25) is 14.4 Å². The molecule has 0 saturated carbocycles. The molecule has 1 saturated heterocycles. The van der Waals surface area contributed by atoms with Crippen LogP contribution in [-0.2, 0) is 18.4 Å². The maximum Gasteiger partial charge on any atom is 0.327 e. The van der Waals surface area contributed by atoms with Crippen molar-refractivity contribution < 1.29 is 9.59 Å². The first-order valence-electron chi connectivity index (χ1n) is 6.11. The number of aromatic nitrogens is 2. The van der Waals surface area contributed by atoms with E-state index in [1.807, 2.05) is 27.0 Å². The second kappa shape index (κ2) is 4.80. The van der Waals surface area contributed by atoms with E-state index in [0.717, 1.165) is 17.8 Å². The van der Waals surface area contributed by atoms with Crippen LogP contribution in [0, 0.1) is 6.92 Å². The summed E-state index contributed by atoms with van der Waals surface area (Å²) in [6, 6.07) is 1.69. The van der Waals surface area contributed by atoms with Crippen LogP contribution in [0.3, 0.4) is 0 Å². The molecule has 1 aliphatic heterocycles. The van der Waals surface area contributed by atoms with Crippen molar-refractivity contribution in [3.63, 3.8) is 0 Å². The largest absolute Gasteiger partial charge is 0.327 e. The standard InChI is InChI=1S/C12H18N4O2/c1-4-5-15-8-11(17)16(12(15)18)7-10-6-9(2)14(3)13-10/h6H,4-5,7-8H2,1-3H3. The molecule has 0 aromatic carbocycles.